The lowest BCUT2D eigenvalue weighted by Gasteiger charge is -2.42. The van der Waals surface area contributed by atoms with Crippen LogP contribution in [0.3, 0.4) is 0 Å². The molecule has 2 aliphatic rings. The van der Waals surface area contributed by atoms with Gasteiger partial charge in [-0.15, -0.1) is 0 Å². The second kappa shape index (κ2) is 5.71. The summed E-state index contributed by atoms with van der Waals surface area (Å²) in [5.74, 6) is -0.102. The predicted octanol–water partition coefficient (Wildman–Crippen LogP) is 4.10. The molecule has 2 aliphatic heterocycles. The first-order valence-corrected chi connectivity index (χ1v) is 9.68. The molecule has 3 amide bonds. The van der Waals surface area contributed by atoms with Gasteiger partial charge in [0.1, 0.15) is 6.04 Å². The van der Waals surface area contributed by atoms with Gasteiger partial charge >= 0.3 is 6.03 Å². The Balaban J connectivity index is 1.55. The Kier molecular flexibility index (Phi) is 3.48. The number of aryl methyl sites for hydroxylation is 1. The second-order valence-corrected chi connectivity index (χ2v) is 8.37. The molecule has 2 aromatic carbocycles. The monoisotopic (exact) mass is 373 g/mol. The van der Waals surface area contributed by atoms with E-state index in [0.29, 0.717) is 13.0 Å². The Morgan fingerprint density at radius 3 is 2.54 bits per heavy atom. The lowest BCUT2D eigenvalue weighted by molar-refractivity contribution is -0.129. The van der Waals surface area contributed by atoms with Gasteiger partial charge in [0.05, 0.1) is 12.1 Å². The topological polar surface area (TPSA) is 56.4 Å². The van der Waals surface area contributed by atoms with Crippen molar-refractivity contribution < 1.29 is 9.59 Å². The molecule has 28 heavy (non-hydrogen) atoms. The summed E-state index contributed by atoms with van der Waals surface area (Å²) in [6, 6.07) is 15.5. The van der Waals surface area contributed by atoms with E-state index in [1.807, 2.05) is 63.2 Å². The van der Waals surface area contributed by atoms with Gasteiger partial charge < -0.3 is 9.88 Å². The summed E-state index contributed by atoms with van der Waals surface area (Å²) in [6.45, 7) is 6.38. The summed E-state index contributed by atoms with van der Waals surface area (Å²) in [4.78, 5) is 33.2. The molecule has 0 saturated carbocycles. The van der Waals surface area contributed by atoms with Crippen molar-refractivity contribution in [3.8, 4) is 0 Å². The van der Waals surface area contributed by atoms with Crippen LogP contribution in [-0.4, -0.2) is 32.8 Å². The third kappa shape index (κ3) is 2.25. The average Bonchev–Trinajstić information content (AvgIpc) is 3.16. The highest BCUT2D eigenvalue weighted by molar-refractivity contribution is 6.05. The number of urea groups is 1. The fraction of sp³-hybridized carbons (Fsp3) is 0.304. The van der Waals surface area contributed by atoms with E-state index in [0.717, 1.165) is 33.3 Å². The third-order valence-electron chi connectivity index (χ3n) is 6.19. The molecule has 1 N–H and O–H groups in total. The van der Waals surface area contributed by atoms with E-state index >= 15 is 0 Å². The van der Waals surface area contributed by atoms with Crippen LogP contribution >= 0.6 is 0 Å². The van der Waals surface area contributed by atoms with Gasteiger partial charge in [-0.25, -0.2) is 4.79 Å². The number of aromatic nitrogens is 1. The van der Waals surface area contributed by atoms with Crippen LogP contribution in [0.25, 0.3) is 10.9 Å². The summed E-state index contributed by atoms with van der Waals surface area (Å²) >= 11 is 0. The highest BCUT2D eigenvalue weighted by Gasteiger charge is 2.55. The van der Waals surface area contributed by atoms with Gasteiger partial charge in [0.15, 0.2) is 0 Å². The minimum Gasteiger partial charge on any atom is -0.356 e. The fourth-order valence-electron chi connectivity index (χ4n) is 4.72. The largest absolute Gasteiger partial charge is 0.356 e. The fourth-order valence-corrected chi connectivity index (χ4v) is 4.72. The lowest BCUT2D eigenvalue weighted by atomic mass is 9.85. The highest BCUT2D eigenvalue weighted by Crippen LogP contribution is 2.44. The molecule has 142 valence electrons. The number of nitrogens with zero attached hydrogens (tertiary/aromatic N) is 2. The summed E-state index contributed by atoms with van der Waals surface area (Å²) in [5, 5.41) is 1.14. The molecule has 5 rings (SSSR count). The molecule has 3 heterocycles. The molecule has 0 spiro atoms. The lowest BCUT2D eigenvalue weighted by Crippen LogP contribution is -2.52. The smallest absolute Gasteiger partial charge is 0.328 e. The first-order chi connectivity index (χ1) is 13.4. The molecule has 5 heteroatoms. The van der Waals surface area contributed by atoms with Crippen molar-refractivity contribution in [3.05, 3.63) is 70.9 Å². The van der Waals surface area contributed by atoms with Crippen LogP contribution in [0.2, 0.25) is 0 Å². The number of imide groups is 1. The van der Waals surface area contributed by atoms with Crippen LogP contribution in [-0.2, 0) is 23.3 Å². The Morgan fingerprint density at radius 2 is 1.79 bits per heavy atom. The number of amides is 3. The number of hydrogen-bond acceptors (Lipinski definition) is 2. The molecule has 0 unspecified atom stereocenters. The van der Waals surface area contributed by atoms with Crippen LogP contribution < -0.4 is 0 Å². The van der Waals surface area contributed by atoms with Crippen molar-refractivity contribution >= 4 is 22.8 Å². The van der Waals surface area contributed by atoms with Crippen molar-refractivity contribution in [2.75, 3.05) is 0 Å². The Labute approximate surface area is 163 Å². The zero-order chi connectivity index (χ0) is 19.6. The molecule has 0 bridgehead atoms. The van der Waals surface area contributed by atoms with E-state index in [9.17, 15) is 9.59 Å². The summed E-state index contributed by atoms with van der Waals surface area (Å²) in [6.07, 6.45) is 0.553. The van der Waals surface area contributed by atoms with Crippen molar-refractivity contribution in [1.29, 1.82) is 0 Å². The maximum Gasteiger partial charge on any atom is 0.328 e. The van der Waals surface area contributed by atoms with Gasteiger partial charge in [0.2, 0.25) is 0 Å². The quantitative estimate of drug-likeness (QED) is 0.688. The highest BCUT2D eigenvalue weighted by atomic mass is 16.2. The number of H-pyrrole nitrogens is 1. The first-order valence-electron chi connectivity index (χ1n) is 9.68. The standard InChI is InChI=1S/C23H23N3O2/c1-14-8-10-15(11-9-14)13-25-21(27)19-12-17-16-6-4-5-7-18(16)24-20(17)23(2,3)26(19)22(25)28/h4-11,19,24H,12-13H2,1-3H3/t19-/m0/s1. The molecule has 1 atom stereocenters. The molecule has 1 saturated heterocycles. The number of rotatable bonds is 2. The number of nitrogens with one attached hydrogen (secondary N) is 1. The van der Waals surface area contributed by atoms with Gasteiger partial charge in [-0.05, 0) is 38.0 Å². The van der Waals surface area contributed by atoms with Crippen LogP contribution in [0.4, 0.5) is 4.79 Å². The summed E-state index contributed by atoms with van der Waals surface area (Å²) < 4.78 is 0. The number of para-hydroxylation sites is 1. The molecule has 0 aliphatic carbocycles. The normalized spacial score (nSPS) is 20.6. The molecule has 1 aromatic heterocycles. The van der Waals surface area contributed by atoms with E-state index in [1.165, 1.54) is 4.90 Å². The van der Waals surface area contributed by atoms with E-state index < -0.39 is 11.6 Å². The van der Waals surface area contributed by atoms with Gasteiger partial charge in [-0.3, -0.25) is 9.69 Å². The average molecular weight is 373 g/mol. The molecule has 0 radical (unpaired) electrons. The van der Waals surface area contributed by atoms with Crippen LogP contribution in [0.5, 0.6) is 0 Å². The van der Waals surface area contributed by atoms with Crippen molar-refractivity contribution in [2.45, 2.75) is 45.3 Å². The molecule has 1 fully saturated rings. The van der Waals surface area contributed by atoms with Crippen molar-refractivity contribution in [3.63, 3.8) is 0 Å². The van der Waals surface area contributed by atoms with Crippen molar-refractivity contribution in [1.82, 2.24) is 14.8 Å². The number of fused-ring (bicyclic) bond motifs is 4. The minimum absolute atomic E-state index is 0.102. The Morgan fingerprint density at radius 1 is 1.07 bits per heavy atom. The minimum atomic E-state index is -0.577. The first kappa shape index (κ1) is 17.0. The van der Waals surface area contributed by atoms with E-state index in [2.05, 4.69) is 11.1 Å². The van der Waals surface area contributed by atoms with Gasteiger partial charge in [0.25, 0.3) is 5.91 Å². The molecule has 5 nitrogen and oxygen atoms in total. The summed E-state index contributed by atoms with van der Waals surface area (Å²) in [7, 11) is 0. The van der Waals surface area contributed by atoms with Crippen LogP contribution in [0.1, 0.15) is 36.2 Å². The van der Waals surface area contributed by atoms with Crippen LogP contribution in [0, 0.1) is 6.92 Å². The zero-order valence-corrected chi connectivity index (χ0v) is 16.3. The maximum atomic E-state index is 13.3. The van der Waals surface area contributed by atoms with Gasteiger partial charge in [-0.1, -0.05) is 48.0 Å². The number of carbonyl (C=O) groups excluding carboxylic acids is 2. The summed E-state index contributed by atoms with van der Waals surface area (Å²) in [5.41, 5.74) is 4.79. The zero-order valence-electron chi connectivity index (χ0n) is 16.3. The maximum absolute atomic E-state index is 13.3. The third-order valence-corrected chi connectivity index (χ3v) is 6.19. The number of carbonyl (C=O) groups is 2. The number of aromatic amines is 1. The van der Waals surface area contributed by atoms with E-state index in [-0.39, 0.29) is 11.9 Å². The van der Waals surface area contributed by atoms with Crippen LogP contribution in [0.15, 0.2) is 48.5 Å². The molecular weight excluding hydrogens is 350 g/mol. The predicted molar refractivity (Wildman–Crippen MR) is 108 cm³/mol. The SMILES string of the molecule is Cc1ccc(CN2C(=O)[C@@H]3Cc4c([nH]c5ccccc45)C(C)(C)N3C2=O)cc1. The van der Waals surface area contributed by atoms with Crippen molar-refractivity contribution in [2.24, 2.45) is 0 Å². The number of hydrogen-bond donors (Lipinski definition) is 1. The molecular formula is C23H23N3O2. The van der Waals surface area contributed by atoms with Gasteiger partial charge in [0, 0.05) is 23.0 Å². The second-order valence-electron chi connectivity index (χ2n) is 8.37. The Hall–Kier alpha value is -3.08. The van der Waals surface area contributed by atoms with E-state index in [4.69, 9.17) is 0 Å². The molecule has 3 aromatic rings. The number of benzene rings is 2. The Bertz CT molecular complexity index is 1110. The van der Waals surface area contributed by atoms with Gasteiger partial charge in [-0.2, -0.15) is 0 Å². The van der Waals surface area contributed by atoms with E-state index in [1.54, 1.807) is 4.90 Å².